The molecule has 6 fully saturated rings. The predicted octanol–water partition coefficient (Wildman–Crippen LogP) is 2.15. The zero-order valence-electron chi connectivity index (χ0n) is 34.3. The monoisotopic (exact) mass is 784 g/mol. The van der Waals surface area contributed by atoms with Gasteiger partial charge in [-0.2, -0.15) is 0 Å². The minimum absolute atomic E-state index is 0.00798. The molecule has 0 radical (unpaired) electrons. The van der Waals surface area contributed by atoms with E-state index in [0.29, 0.717) is 19.3 Å². The molecule has 0 aromatic rings. The van der Waals surface area contributed by atoms with Crippen LogP contribution in [0.4, 0.5) is 0 Å². The van der Waals surface area contributed by atoms with E-state index in [0.717, 1.165) is 38.5 Å². The van der Waals surface area contributed by atoms with Crippen molar-refractivity contribution >= 4 is 0 Å². The molecule has 55 heavy (non-hydrogen) atoms. The SMILES string of the molecule is CC(C)=CCC[C@](C)(O)[C@H]1CC[C@]2(C)[C@@H]1[C@H](O)C[C@@H]1[C@@]3(C)CC[C@H](O[C@H]4O[C@H](CO)[C@@H](O)[C@H](O)[C@H]4O[C@@H]4O[C@H](CO)[C@@H](O)[C@H](O)[C@H]4O)C(C)(C)[C@@H]3CC[C@]12C. The Morgan fingerprint density at radius 2 is 1.33 bits per heavy atom. The molecule has 6 rings (SSSR count). The average molecular weight is 785 g/mol. The molecule has 2 aliphatic heterocycles. The number of ether oxygens (including phenoxy) is 4. The van der Waals surface area contributed by atoms with Crippen molar-refractivity contribution in [3.63, 3.8) is 0 Å². The van der Waals surface area contributed by atoms with Crippen molar-refractivity contribution in [1.82, 2.24) is 0 Å². The Morgan fingerprint density at radius 1 is 0.727 bits per heavy atom. The van der Waals surface area contributed by atoms with Crippen LogP contribution in [0.15, 0.2) is 11.6 Å². The molecule has 20 atom stereocenters. The lowest BCUT2D eigenvalue weighted by Gasteiger charge is -2.70. The second-order valence-electron chi connectivity index (χ2n) is 20.1. The van der Waals surface area contributed by atoms with Crippen LogP contribution in [-0.2, 0) is 18.9 Å². The van der Waals surface area contributed by atoms with Crippen LogP contribution < -0.4 is 0 Å². The fourth-order valence-corrected chi connectivity index (χ4v) is 13.3. The molecule has 9 N–H and O–H groups in total. The number of aliphatic hydroxyl groups is 9. The first-order valence-electron chi connectivity index (χ1n) is 20.9. The smallest absolute Gasteiger partial charge is 0.187 e. The molecule has 0 unspecified atom stereocenters. The highest BCUT2D eigenvalue weighted by atomic mass is 16.8. The Kier molecular flexibility index (Phi) is 12.5. The first kappa shape index (κ1) is 43.8. The zero-order chi connectivity index (χ0) is 40.6. The summed E-state index contributed by atoms with van der Waals surface area (Å²) in [5.74, 6) is 0.445. The van der Waals surface area contributed by atoms with Gasteiger partial charge in [0.05, 0.1) is 31.0 Å². The van der Waals surface area contributed by atoms with Crippen molar-refractivity contribution in [3.05, 3.63) is 11.6 Å². The van der Waals surface area contributed by atoms with Gasteiger partial charge in [-0.1, -0.05) is 46.3 Å². The average Bonchev–Trinajstić information content (AvgIpc) is 3.50. The van der Waals surface area contributed by atoms with Gasteiger partial charge in [0.2, 0.25) is 0 Å². The van der Waals surface area contributed by atoms with Gasteiger partial charge in [0, 0.05) is 0 Å². The molecular formula is C42H72O13. The van der Waals surface area contributed by atoms with Crippen molar-refractivity contribution < 1.29 is 64.9 Å². The maximum absolute atomic E-state index is 12.2. The van der Waals surface area contributed by atoms with Crippen LogP contribution in [-0.4, -0.2) is 138 Å². The molecule has 0 aromatic heterocycles. The summed E-state index contributed by atoms with van der Waals surface area (Å²) in [6.07, 6.45) is -6.48. The van der Waals surface area contributed by atoms with Gasteiger partial charge in [0.15, 0.2) is 12.6 Å². The summed E-state index contributed by atoms with van der Waals surface area (Å²) in [4.78, 5) is 0. The highest BCUT2D eigenvalue weighted by Crippen LogP contribution is 2.76. The lowest BCUT2D eigenvalue weighted by atomic mass is 9.35. The predicted molar refractivity (Wildman–Crippen MR) is 201 cm³/mol. The quantitative estimate of drug-likeness (QED) is 0.115. The highest BCUT2D eigenvalue weighted by Gasteiger charge is 2.71. The third-order valence-electron chi connectivity index (χ3n) is 16.6. The fourth-order valence-electron chi connectivity index (χ4n) is 13.3. The van der Waals surface area contributed by atoms with Crippen LogP contribution in [0.25, 0.3) is 0 Å². The molecule has 13 nitrogen and oxygen atoms in total. The Balaban J connectivity index is 1.23. The van der Waals surface area contributed by atoms with Gasteiger partial charge in [-0.25, -0.2) is 0 Å². The molecule has 6 aliphatic rings. The Labute approximate surface area is 327 Å². The molecule has 318 valence electrons. The zero-order valence-corrected chi connectivity index (χ0v) is 34.3. The highest BCUT2D eigenvalue weighted by molar-refractivity contribution is 5.20. The van der Waals surface area contributed by atoms with Crippen LogP contribution in [0.5, 0.6) is 0 Å². The van der Waals surface area contributed by atoms with Crippen molar-refractivity contribution in [2.75, 3.05) is 13.2 Å². The summed E-state index contributed by atoms with van der Waals surface area (Å²) in [5.41, 5.74) is -0.405. The normalized spacial score (nSPS) is 52.0. The molecule has 0 aromatic carbocycles. The molecule has 13 heteroatoms. The first-order valence-corrected chi connectivity index (χ1v) is 20.9. The van der Waals surface area contributed by atoms with Gasteiger partial charge in [-0.15, -0.1) is 0 Å². The van der Waals surface area contributed by atoms with E-state index in [1.807, 2.05) is 6.92 Å². The van der Waals surface area contributed by atoms with Crippen LogP contribution in [0.3, 0.4) is 0 Å². The topological polar surface area (TPSA) is 219 Å². The number of hydrogen-bond acceptors (Lipinski definition) is 13. The molecule has 2 saturated heterocycles. The van der Waals surface area contributed by atoms with Crippen LogP contribution >= 0.6 is 0 Å². The van der Waals surface area contributed by atoms with Gasteiger partial charge in [-0.05, 0) is 124 Å². The van der Waals surface area contributed by atoms with Crippen molar-refractivity contribution in [3.8, 4) is 0 Å². The first-order chi connectivity index (χ1) is 25.6. The Hall–Kier alpha value is -0.780. The number of fused-ring (bicyclic) bond motifs is 5. The van der Waals surface area contributed by atoms with E-state index in [4.69, 9.17) is 18.9 Å². The van der Waals surface area contributed by atoms with Crippen LogP contribution in [0.2, 0.25) is 0 Å². The van der Waals surface area contributed by atoms with Gasteiger partial charge >= 0.3 is 0 Å². The van der Waals surface area contributed by atoms with Crippen LogP contribution in [0, 0.1) is 45.3 Å². The van der Waals surface area contributed by atoms with E-state index in [-0.39, 0.29) is 39.9 Å². The second-order valence-corrected chi connectivity index (χ2v) is 20.1. The van der Waals surface area contributed by atoms with E-state index in [2.05, 4.69) is 54.5 Å². The third-order valence-corrected chi connectivity index (χ3v) is 16.6. The minimum Gasteiger partial charge on any atom is -0.394 e. The largest absolute Gasteiger partial charge is 0.394 e. The molecule has 4 saturated carbocycles. The van der Waals surface area contributed by atoms with Crippen molar-refractivity contribution in [2.45, 2.75) is 192 Å². The summed E-state index contributed by atoms with van der Waals surface area (Å²) in [6.45, 7) is 16.5. The maximum Gasteiger partial charge on any atom is 0.187 e. The van der Waals surface area contributed by atoms with E-state index >= 15 is 0 Å². The molecule has 0 amide bonds. The maximum atomic E-state index is 12.2. The van der Waals surface area contributed by atoms with E-state index in [9.17, 15) is 46.0 Å². The standard InChI is InChI=1S/C42H72O13/c1-21(2)10-9-14-42(8,51)22-11-16-41(7)29(22)23(45)18-27-39(5)15-13-28(38(3,4)26(39)12-17-40(27,41)6)54-37-35(33(49)31(47)25(20-44)53-37)55-36-34(50)32(48)30(46)24(19-43)52-36/h10,22-37,43-51H,9,11-20H2,1-8H3/t22-,23+,24+,25+,26-,27+,28-,29-,30+,31+,32-,33-,34+,35+,36-,37+,39-,40+,41+,42-/m0/s1. The molecule has 2 heterocycles. The van der Waals surface area contributed by atoms with Gasteiger partial charge in [0.25, 0.3) is 0 Å². The summed E-state index contributed by atoms with van der Waals surface area (Å²) in [7, 11) is 0. The summed E-state index contributed by atoms with van der Waals surface area (Å²) in [6, 6.07) is 0. The lowest BCUT2D eigenvalue weighted by Crippen LogP contribution is -2.68. The molecular weight excluding hydrogens is 712 g/mol. The molecule has 0 spiro atoms. The molecule has 4 aliphatic carbocycles. The number of aliphatic hydroxyl groups excluding tert-OH is 8. The van der Waals surface area contributed by atoms with Crippen molar-refractivity contribution in [2.24, 2.45) is 45.3 Å². The van der Waals surface area contributed by atoms with Gasteiger partial charge in [0.1, 0.15) is 48.8 Å². The Morgan fingerprint density at radius 3 is 1.95 bits per heavy atom. The number of rotatable bonds is 10. The second kappa shape index (κ2) is 15.7. The lowest BCUT2D eigenvalue weighted by molar-refractivity contribution is -0.378. The third kappa shape index (κ3) is 7.20. The van der Waals surface area contributed by atoms with Crippen LogP contribution in [0.1, 0.15) is 113 Å². The summed E-state index contributed by atoms with van der Waals surface area (Å²) in [5, 5.41) is 97.4. The molecule has 0 bridgehead atoms. The van der Waals surface area contributed by atoms with E-state index in [1.54, 1.807) is 0 Å². The fraction of sp³-hybridized carbons (Fsp3) is 0.952. The number of allylic oxidation sites excluding steroid dienone is 2. The van der Waals surface area contributed by atoms with E-state index in [1.165, 1.54) is 5.57 Å². The Bertz CT molecular complexity index is 1370. The minimum atomic E-state index is -1.75. The van der Waals surface area contributed by atoms with Crippen molar-refractivity contribution in [1.29, 1.82) is 0 Å². The van der Waals surface area contributed by atoms with Gasteiger partial charge < -0.3 is 64.9 Å². The van der Waals surface area contributed by atoms with E-state index < -0.39 is 97.8 Å². The number of hydrogen-bond donors (Lipinski definition) is 9. The summed E-state index contributed by atoms with van der Waals surface area (Å²) < 4.78 is 24.4. The summed E-state index contributed by atoms with van der Waals surface area (Å²) >= 11 is 0. The van der Waals surface area contributed by atoms with Gasteiger partial charge in [-0.3, -0.25) is 0 Å².